The van der Waals surface area contributed by atoms with Gasteiger partial charge in [-0.3, -0.25) is 4.79 Å². The zero-order chi connectivity index (χ0) is 19.1. The Morgan fingerprint density at radius 2 is 1.28 bits per heavy atom. The SMILES string of the molecule is CCCCCCCCCCCCNC(=O)[C@H](O)[C@H](O)[C@@H](O)[C@@H](O)CO. The zero-order valence-electron chi connectivity index (χ0n) is 15.4. The maximum atomic E-state index is 11.7. The molecule has 0 aliphatic carbocycles. The van der Waals surface area contributed by atoms with Gasteiger partial charge in [-0.25, -0.2) is 0 Å². The second-order valence-corrected chi connectivity index (χ2v) is 6.65. The largest absolute Gasteiger partial charge is 0.394 e. The number of carbonyl (C=O) groups excluding carboxylic acids is 1. The summed E-state index contributed by atoms with van der Waals surface area (Å²) in [6.45, 7) is 1.82. The summed E-state index contributed by atoms with van der Waals surface area (Å²) in [6.07, 6.45) is 4.69. The van der Waals surface area contributed by atoms with E-state index >= 15 is 0 Å². The van der Waals surface area contributed by atoms with E-state index in [1.165, 1.54) is 44.9 Å². The Bertz CT molecular complexity index is 329. The Kier molecular flexibility index (Phi) is 15.1. The van der Waals surface area contributed by atoms with Gasteiger partial charge >= 0.3 is 0 Å². The Hall–Kier alpha value is -0.730. The minimum absolute atomic E-state index is 0.387. The van der Waals surface area contributed by atoms with E-state index in [1.807, 2.05) is 0 Å². The number of carbonyl (C=O) groups is 1. The molecule has 0 spiro atoms. The van der Waals surface area contributed by atoms with Crippen LogP contribution in [0.5, 0.6) is 0 Å². The Morgan fingerprint density at radius 3 is 1.76 bits per heavy atom. The molecule has 0 aliphatic heterocycles. The molecule has 4 atom stereocenters. The van der Waals surface area contributed by atoms with Crippen molar-refractivity contribution in [3.05, 3.63) is 0 Å². The lowest BCUT2D eigenvalue weighted by Crippen LogP contribution is -2.51. The molecule has 0 aliphatic rings. The van der Waals surface area contributed by atoms with Crippen LogP contribution >= 0.6 is 0 Å². The van der Waals surface area contributed by atoms with E-state index in [2.05, 4.69) is 12.2 Å². The fourth-order valence-corrected chi connectivity index (χ4v) is 2.61. The van der Waals surface area contributed by atoms with Crippen LogP contribution < -0.4 is 5.32 Å². The molecule has 6 N–H and O–H groups in total. The number of amides is 1. The van der Waals surface area contributed by atoms with E-state index in [0.29, 0.717) is 6.54 Å². The first-order chi connectivity index (χ1) is 12.0. The molecule has 0 saturated carbocycles. The van der Waals surface area contributed by atoms with E-state index in [0.717, 1.165) is 19.3 Å². The van der Waals surface area contributed by atoms with Gasteiger partial charge in [0.05, 0.1) is 6.61 Å². The normalized spacial score (nSPS) is 16.2. The smallest absolute Gasteiger partial charge is 0.251 e. The van der Waals surface area contributed by atoms with Gasteiger partial charge < -0.3 is 30.8 Å². The van der Waals surface area contributed by atoms with Gasteiger partial charge in [0.1, 0.15) is 18.3 Å². The fourth-order valence-electron chi connectivity index (χ4n) is 2.61. The number of aliphatic hydroxyl groups is 5. The summed E-state index contributed by atoms with van der Waals surface area (Å²) >= 11 is 0. The average molecular weight is 363 g/mol. The molecule has 0 aromatic carbocycles. The minimum Gasteiger partial charge on any atom is -0.394 e. The lowest BCUT2D eigenvalue weighted by atomic mass is 10.0. The van der Waals surface area contributed by atoms with Crippen LogP contribution in [0.15, 0.2) is 0 Å². The number of hydrogen-bond acceptors (Lipinski definition) is 6. The van der Waals surface area contributed by atoms with Gasteiger partial charge in [0.15, 0.2) is 6.10 Å². The highest BCUT2D eigenvalue weighted by Crippen LogP contribution is 2.10. The third-order valence-corrected chi connectivity index (χ3v) is 4.35. The van der Waals surface area contributed by atoms with E-state index < -0.39 is 36.9 Å². The predicted octanol–water partition coefficient (Wildman–Crippen LogP) is 0.459. The molecule has 0 bridgehead atoms. The van der Waals surface area contributed by atoms with E-state index in [1.54, 1.807) is 0 Å². The molecule has 0 fully saturated rings. The fraction of sp³-hybridized carbons (Fsp3) is 0.944. The zero-order valence-corrected chi connectivity index (χ0v) is 15.4. The summed E-state index contributed by atoms with van der Waals surface area (Å²) < 4.78 is 0. The highest BCUT2D eigenvalue weighted by Gasteiger charge is 2.33. The first-order valence-corrected chi connectivity index (χ1v) is 9.56. The molecule has 150 valence electrons. The Morgan fingerprint density at radius 1 is 0.800 bits per heavy atom. The molecule has 0 unspecified atom stereocenters. The van der Waals surface area contributed by atoms with Crippen LogP contribution in [-0.4, -0.2) is 69.0 Å². The number of unbranched alkanes of at least 4 members (excludes halogenated alkanes) is 9. The van der Waals surface area contributed by atoms with Crippen LogP contribution in [0.4, 0.5) is 0 Å². The Labute approximate surface area is 151 Å². The third kappa shape index (κ3) is 11.5. The van der Waals surface area contributed by atoms with Crippen molar-refractivity contribution in [1.29, 1.82) is 0 Å². The molecular formula is C18H37NO6. The molecule has 0 heterocycles. The van der Waals surface area contributed by atoms with Gasteiger partial charge in [0.25, 0.3) is 5.91 Å². The van der Waals surface area contributed by atoms with Gasteiger partial charge in [-0.2, -0.15) is 0 Å². The molecule has 0 radical (unpaired) electrons. The maximum Gasteiger partial charge on any atom is 0.251 e. The standard InChI is InChI=1S/C18H37NO6/c1-2-3-4-5-6-7-8-9-10-11-12-19-18(25)17(24)16(23)15(22)14(21)13-20/h14-17,20-24H,2-13H2,1H3,(H,19,25)/t14-,15-,16+,17+/m0/s1. The second kappa shape index (κ2) is 15.5. The third-order valence-electron chi connectivity index (χ3n) is 4.35. The molecule has 7 nitrogen and oxygen atoms in total. The van der Waals surface area contributed by atoms with Gasteiger partial charge in [-0.1, -0.05) is 64.7 Å². The van der Waals surface area contributed by atoms with Crippen molar-refractivity contribution in [2.24, 2.45) is 0 Å². The number of nitrogens with one attached hydrogen (secondary N) is 1. The van der Waals surface area contributed by atoms with Crippen molar-refractivity contribution in [1.82, 2.24) is 5.32 Å². The van der Waals surface area contributed by atoms with Crippen molar-refractivity contribution in [3.8, 4) is 0 Å². The molecule has 0 rings (SSSR count). The average Bonchev–Trinajstić information content (AvgIpc) is 2.63. The van der Waals surface area contributed by atoms with Crippen molar-refractivity contribution in [3.63, 3.8) is 0 Å². The lowest BCUT2D eigenvalue weighted by molar-refractivity contribution is -0.148. The van der Waals surface area contributed by atoms with Crippen molar-refractivity contribution in [2.75, 3.05) is 13.2 Å². The molecule has 0 aromatic rings. The highest BCUT2D eigenvalue weighted by molar-refractivity contribution is 5.81. The van der Waals surface area contributed by atoms with Crippen LogP contribution in [0.2, 0.25) is 0 Å². The first-order valence-electron chi connectivity index (χ1n) is 9.56. The van der Waals surface area contributed by atoms with Crippen LogP contribution in [0.1, 0.15) is 71.1 Å². The van der Waals surface area contributed by atoms with Crippen molar-refractivity contribution in [2.45, 2.75) is 95.5 Å². The van der Waals surface area contributed by atoms with Gasteiger partial charge in [-0.15, -0.1) is 0 Å². The first kappa shape index (κ1) is 24.3. The molecule has 1 amide bonds. The molecular weight excluding hydrogens is 326 g/mol. The number of rotatable bonds is 16. The summed E-state index contributed by atoms with van der Waals surface area (Å²) in [7, 11) is 0. The second-order valence-electron chi connectivity index (χ2n) is 6.65. The predicted molar refractivity (Wildman–Crippen MR) is 96.0 cm³/mol. The van der Waals surface area contributed by atoms with Gasteiger partial charge in [0.2, 0.25) is 0 Å². The summed E-state index contributed by atoms with van der Waals surface area (Å²) in [4.78, 5) is 11.7. The molecule has 7 heteroatoms. The number of aliphatic hydroxyl groups excluding tert-OH is 5. The van der Waals surface area contributed by atoms with Crippen molar-refractivity contribution >= 4 is 5.91 Å². The summed E-state index contributed by atoms with van der Waals surface area (Å²) in [5, 5.41) is 49.1. The van der Waals surface area contributed by atoms with E-state index in [9.17, 15) is 25.2 Å². The molecule has 25 heavy (non-hydrogen) atoms. The van der Waals surface area contributed by atoms with Gasteiger partial charge in [0, 0.05) is 6.54 Å². The lowest BCUT2D eigenvalue weighted by Gasteiger charge is -2.24. The van der Waals surface area contributed by atoms with E-state index in [-0.39, 0.29) is 0 Å². The van der Waals surface area contributed by atoms with Crippen molar-refractivity contribution < 1.29 is 30.3 Å². The summed E-state index contributed by atoms with van der Waals surface area (Å²) in [5.74, 6) is -0.799. The monoisotopic (exact) mass is 363 g/mol. The molecule has 0 saturated heterocycles. The highest BCUT2D eigenvalue weighted by atomic mass is 16.4. The van der Waals surface area contributed by atoms with Crippen LogP contribution in [-0.2, 0) is 4.79 Å². The molecule has 0 aromatic heterocycles. The van der Waals surface area contributed by atoms with Crippen LogP contribution in [0.3, 0.4) is 0 Å². The summed E-state index contributed by atoms with van der Waals surface area (Å²) in [5.41, 5.74) is 0. The van der Waals surface area contributed by atoms with Gasteiger partial charge in [-0.05, 0) is 6.42 Å². The van der Waals surface area contributed by atoms with E-state index in [4.69, 9.17) is 5.11 Å². The quantitative estimate of drug-likeness (QED) is 0.221. The topological polar surface area (TPSA) is 130 Å². The number of hydrogen-bond donors (Lipinski definition) is 6. The Balaban J connectivity index is 3.66. The van der Waals surface area contributed by atoms with Crippen LogP contribution in [0, 0.1) is 0 Å². The summed E-state index contributed by atoms with van der Waals surface area (Å²) in [6, 6.07) is 0. The maximum absolute atomic E-state index is 11.7. The minimum atomic E-state index is -1.85. The van der Waals surface area contributed by atoms with Crippen LogP contribution in [0.25, 0.3) is 0 Å².